The fourth-order valence-corrected chi connectivity index (χ4v) is 13.6. The standard InChI is InChI=1S/C39H57N3O.C10H14.C7H12O2.CH4O/c1-9-39-18-11-10-17-37(39,7)32-15-13-28-29(36(32,6)20-21-39)16-19-38(22-31(43)34(25(2)3)35(28)38)23-33(40)42(8)27(5)30-14-12-26(4)24-41-30;1-8(2)10-6-4-9(3)5-7-10;1-6(9)4-7(2,3)5-8;1-2/h12,14,24-25,28-29,32,40H,5,9-11,13,15-23H2,1-4,6-8H3;4-8H,1-3H3;5,9H,1,4H2,2-3H3;2H,1H3. The summed E-state index contributed by atoms with van der Waals surface area (Å²) in [6, 6.07) is 12.8. The maximum absolute atomic E-state index is 13.9. The molecule has 354 valence electrons. The van der Waals surface area contributed by atoms with Crippen LogP contribution < -0.4 is 0 Å². The number of hydrogen-bond donors (Lipinski definition) is 3. The number of allylic oxidation sites excluding steroid dienone is 3. The summed E-state index contributed by atoms with van der Waals surface area (Å²) in [7, 11) is 2.96. The van der Waals surface area contributed by atoms with Crippen molar-refractivity contribution in [3.8, 4) is 0 Å². The van der Waals surface area contributed by atoms with Crippen LogP contribution in [-0.4, -0.2) is 52.2 Å². The summed E-state index contributed by atoms with van der Waals surface area (Å²) in [5.74, 6) is 3.80. The third-order valence-corrected chi connectivity index (χ3v) is 17.1. The predicted molar refractivity (Wildman–Crippen MR) is 267 cm³/mol. The number of Topliss-reactive ketones (excluding diaryl/α,β-unsaturated/α-hetero) is 1. The first kappa shape index (κ1) is 52.8. The van der Waals surface area contributed by atoms with Gasteiger partial charge in [-0.3, -0.25) is 15.2 Å². The van der Waals surface area contributed by atoms with Crippen molar-refractivity contribution in [1.82, 2.24) is 9.88 Å². The van der Waals surface area contributed by atoms with E-state index >= 15 is 0 Å². The number of amidine groups is 1. The van der Waals surface area contributed by atoms with Crippen molar-refractivity contribution in [3.05, 3.63) is 95.0 Å². The van der Waals surface area contributed by atoms with Gasteiger partial charge in [0.1, 0.15) is 12.1 Å². The minimum absolute atomic E-state index is 0.0621. The van der Waals surface area contributed by atoms with E-state index < -0.39 is 5.41 Å². The predicted octanol–water partition coefficient (Wildman–Crippen LogP) is 14.2. The van der Waals surface area contributed by atoms with Gasteiger partial charge in [-0.2, -0.15) is 0 Å². The van der Waals surface area contributed by atoms with E-state index in [1.165, 1.54) is 80.9 Å². The molecule has 2 aromatic rings. The number of aromatic nitrogens is 1. The number of nitrogens with zero attached hydrogens (tertiary/aromatic N) is 2. The molecule has 64 heavy (non-hydrogen) atoms. The lowest BCUT2D eigenvalue weighted by Crippen LogP contribution is -2.61. The molecule has 4 fully saturated rings. The van der Waals surface area contributed by atoms with E-state index in [9.17, 15) is 15.0 Å². The highest BCUT2D eigenvalue weighted by molar-refractivity contribution is 6.02. The average Bonchev–Trinajstić information content (AvgIpc) is 3.56. The molecule has 0 spiro atoms. The number of carbonyl (C=O) groups excluding carboxylic acids is 2. The van der Waals surface area contributed by atoms with Crippen LogP contribution in [0.5, 0.6) is 0 Å². The van der Waals surface area contributed by atoms with E-state index in [-0.39, 0.29) is 17.1 Å². The molecule has 7 rings (SSSR count). The molecule has 5 aliphatic carbocycles. The smallest absolute Gasteiger partial charge is 0.160 e. The number of ketones is 1. The molecule has 7 nitrogen and oxygen atoms in total. The van der Waals surface area contributed by atoms with Crippen LogP contribution in [-0.2, 0) is 9.59 Å². The molecule has 0 amide bonds. The molecular weight excluding hydrogens is 791 g/mol. The fourth-order valence-electron chi connectivity index (χ4n) is 13.6. The van der Waals surface area contributed by atoms with Gasteiger partial charge in [-0.1, -0.05) is 130 Å². The van der Waals surface area contributed by atoms with Gasteiger partial charge >= 0.3 is 0 Å². The van der Waals surface area contributed by atoms with Crippen molar-refractivity contribution in [1.29, 1.82) is 5.41 Å². The van der Waals surface area contributed by atoms with Crippen molar-refractivity contribution >= 4 is 23.6 Å². The van der Waals surface area contributed by atoms with Gasteiger partial charge in [-0.25, -0.2) is 0 Å². The number of pyridine rings is 1. The second-order valence-corrected chi connectivity index (χ2v) is 22.3. The molecule has 1 aromatic heterocycles. The number of fused-ring (bicyclic) bond motifs is 7. The lowest BCUT2D eigenvalue weighted by Gasteiger charge is -2.69. The minimum atomic E-state index is -0.466. The lowest BCUT2D eigenvalue weighted by atomic mass is 9.35. The van der Waals surface area contributed by atoms with Crippen LogP contribution in [0.4, 0.5) is 0 Å². The van der Waals surface area contributed by atoms with Crippen molar-refractivity contribution < 1.29 is 19.8 Å². The molecule has 1 heterocycles. The Balaban J connectivity index is 0.000000353. The number of nitrogens with one attached hydrogen (secondary N) is 1. The average molecular weight is 878 g/mol. The van der Waals surface area contributed by atoms with E-state index in [0.717, 1.165) is 48.3 Å². The van der Waals surface area contributed by atoms with Crippen LogP contribution in [0.2, 0.25) is 0 Å². The zero-order valence-corrected chi connectivity index (χ0v) is 42.4. The van der Waals surface area contributed by atoms with E-state index in [1.807, 2.05) is 31.1 Å². The molecule has 0 saturated heterocycles. The number of aldehydes is 1. The molecule has 5 aliphatic rings. The van der Waals surface area contributed by atoms with Gasteiger partial charge in [0.25, 0.3) is 0 Å². The highest BCUT2D eigenvalue weighted by Gasteiger charge is 2.66. The Bertz CT molecular complexity index is 1990. The zero-order valence-electron chi connectivity index (χ0n) is 42.4. The number of benzene rings is 1. The first-order valence-corrected chi connectivity index (χ1v) is 24.6. The van der Waals surface area contributed by atoms with Gasteiger partial charge in [-0.05, 0) is 140 Å². The number of carbonyl (C=O) groups is 2. The minimum Gasteiger partial charge on any atom is -0.513 e. The van der Waals surface area contributed by atoms with Gasteiger partial charge in [0.15, 0.2) is 5.78 Å². The summed E-state index contributed by atoms with van der Waals surface area (Å²) in [6.07, 6.45) is 18.7. The first-order chi connectivity index (χ1) is 30.0. The quantitative estimate of drug-likeness (QED) is 0.0948. The van der Waals surface area contributed by atoms with Crippen molar-refractivity contribution in [3.63, 3.8) is 0 Å². The summed E-state index contributed by atoms with van der Waals surface area (Å²) < 4.78 is 0. The molecule has 7 heteroatoms. The Morgan fingerprint density at radius 1 is 0.922 bits per heavy atom. The normalized spacial score (nSPS) is 29.2. The van der Waals surface area contributed by atoms with Crippen molar-refractivity contribution in [2.75, 3.05) is 14.2 Å². The number of aliphatic hydroxyl groups excluding tert-OH is 2. The molecular formula is C57H87N3O4. The largest absolute Gasteiger partial charge is 0.513 e. The molecule has 1 aromatic carbocycles. The van der Waals surface area contributed by atoms with Crippen LogP contribution in [0.15, 0.2) is 72.7 Å². The van der Waals surface area contributed by atoms with E-state index in [0.29, 0.717) is 64.9 Å². The summed E-state index contributed by atoms with van der Waals surface area (Å²) in [5.41, 5.74) is 8.69. The maximum atomic E-state index is 13.9. The van der Waals surface area contributed by atoms with Crippen LogP contribution in [0.3, 0.4) is 0 Å². The maximum Gasteiger partial charge on any atom is 0.160 e. The van der Waals surface area contributed by atoms with Crippen LogP contribution in [0, 0.1) is 70.0 Å². The molecule has 0 aliphatic heterocycles. The highest BCUT2D eigenvalue weighted by atomic mass is 16.3. The lowest BCUT2D eigenvalue weighted by molar-refractivity contribution is -0.194. The molecule has 4 saturated carbocycles. The molecule has 3 N–H and O–H groups in total. The summed E-state index contributed by atoms with van der Waals surface area (Å²) in [5, 5.41) is 25.0. The van der Waals surface area contributed by atoms with Gasteiger partial charge < -0.3 is 19.9 Å². The van der Waals surface area contributed by atoms with Crippen LogP contribution in [0.1, 0.15) is 181 Å². The molecule has 7 unspecified atom stereocenters. The van der Waals surface area contributed by atoms with E-state index in [2.05, 4.69) is 104 Å². The van der Waals surface area contributed by atoms with Crippen LogP contribution >= 0.6 is 0 Å². The third kappa shape index (κ3) is 10.7. The highest BCUT2D eigenvalue weighted by Crippen LogP contribution is 2.74. The SMILES string of the molecule is C=C(O)CC(C)(C)C=O.C=C(c1ccc(C)cn1)N(C)C(=N)CC12CCC3C(CCC4C3(C)CCC3(CC)CCCCC43C)C1=C(C(C)C)C(=O)C2.CO.Cc1ccc(C(C)C)cc1. The van der Waals surface area contributed by atoms with Gasteiger partial charge in [0.05, 0.1) is 17.2 Å². The Hall–Kier alpha value is -3.84. The monoisotopic (exact) mass is 878 g/mol. The summed E-state index contributed by atoms with van der Waals surface area (Å²) >= 11 is 0. The fraction of sp³-hybridized carbons (Fsp3) is 0.649. The Labute approximate surface area is 389 Å². The van der Waals surface area contributed by atoms with Crippen molar-refractivity contribution in [2.45, 2.75) is 172 Å². The molecule has 7 atom stereocenters. The first-order valence-electron chi connectivity index (χ1n) is 24.6. The Kier molecular flexibility index (Phi) is 17.5. The van der Waals surface area contributed by atoms with Crippen LogP contribution in [0.25, 0.3) is 5.70 Å². The van der Waals surface area contributed by atoms with Gasteiger partial charge in [0.2, 0.25) is 0 Å². The second kappa shape index (κ2) is 21.2. The number of aryl methyl sites for hydroxylation is 2. The topological polar surface area (TPSA) is 115 Å². The van der Waals surface area contributed by atoms with E-state index in [4.69, 9.17) is 10.2 Å². The molecule has 0 bridgehead atoms. The third-order valence-electron chi connectivity index (χ3n) is 17.1. The van der Waals surface area contributed by atoms with E-state index in [1.54, 1.807) is 13.8 Å². The van der Waals surface area contributed by atoms with Crippen molar-refractivity contribution in [2.24, 2.45) is 50.7 Å². The van der Waals surface area contributed by atoms with Gasteiger partial charge in [-0.15, -0.1) is 0 Å². The molecule has 0 radical (unpaired) electrons. The second-order valence-electron chi connectivity index (χ2n) is 22.3. The summed E-state index contributed by atoms with van der Waals surface area (Å²) in [4.78, 5) is 30.6. The summed E-state index contributed by atoms with van der Waals surface area (Å²) in [6.45, 7) is 32.0. The Morgan fingerprint density at radius 2 is 1.55 bits per heavy atom. The van der Waals surface area contributed by atoms with Gasteiger partial charge in [0, 0.05) is 50.4 Å². The Morgan fingerprint density at radius 3 is 2.08 bits per heavy atom. The number of aliphatic hydroxyl groups is 2. The number of rotatable bonds is 10. The zero-order chi connectivity index (χ0) is 48.0. The number of hydrogen-bond acceptors (Lipinski definition) is 6.